The molecule has 16 heavy (non-hydrogen) atoms. The second-order valence-corrected chi connectivity index (χ2v) is 4.43. The molecule has 1 heterocycles. The lowest BCUT2D eigenvalue weighted by Gasteiger charge is -2.11. The van der Waals surface area contributed by atoms with Crippen LogP contribution in [0.4, 0.5) is 4.39 Å². The van der Waals surface area contributed by atoms with Crippen LogP contribution in [0.3, 0.4) is 0 Å². The Kier molecular flexibility index (Phi) is 3.07. The highest BCUT2D eigenvalue weighted by molar-refractivity contribution is 9.10. The quantitative estimate of drug-likeness (QED) is 0.921. The maximum Gasteiger partial charge on any atom is 0.137 e. The second kappa shape index (κ2) is 4.35. The molecule has 0 radical (unpaired) electrons. The number of benzene rings is 1. The number of aromatic nitrogens is 2. The van der Waals surface area contributed by atoms with Gasteiger partial charge in [0, 0.05) is 11.7 Å². The largest absolute Gasteiger partial charge is 0.323 e. The molecule has 5 heteroatoms. The molecule has 0 aliphatic heterocycles. The van der Waals surface area contributed by atoms with Gasteiger partial charge in [-0.25, -0.2) is 9.37 Å². The van der Waals surface area contributed by atoms with E-state index in [9.17, 15) is 4.39 Å². The van der Waals surface area contributed by atoms with E-state index in [0.29, 0.717) is 4.47 Å². The fourth-order valence-electron chi connectivity index (χ4n) is 1.49. The third kappa shape index (κ3) is 2.01. The van der Waals surface area contributed by atoms with Crippen LogP contribution in [0.25, 0.3) is 5.69 Å². The van der Waals surface area contributed by atoms with Gasteiger partial charge in [-0.2, -0.15) is 0 Å². The molecule has 1 atom stereocenters. The van der Waals surface area contributed by atoms with Crippen molar-refractivity contribution in [3.8, 4) is 5.69 Å². The van der Waals surface area contributed by atoms with E-state index in [-0.39, 0.29) is 11.9 Å². The van der Waals surface area contributed by atoms with E-state index in [0.717, 1.165) is 11.4 Å². The lowest BCUT2D eigenvalue weighted by Crippen LogP contribution is -2.10. The molecule has 0 saturated heterocycles. The summed E-state index contributed by atoms with van der Waals surface area (Å²) in [6.07, 6.45) is 3.38. The van der Waals surface area contributed by atoms with Crippen molar-refractivity contribution in [1.29, 1.82) is 0 Å². The Balaban J connectivity index is 2.50. The Hall–Kier alpha value is -1.20. The number of imidazole rings is 1. The molecule has 3 nitrogen and oxygen atoms in total. The number of hydrogen-bond donors (Lipinski definition) is 1. The average molecular weight is 284 g/mol. The van der Waals surface area contributed by atoms with Crippen LogP contribution in [-0.2, 0) is 0 Å². The first-order valence-corrected chi connectivity index (χ1v) is 5.62. The van der Waals surface area contributed by atoms with Gasteiger partial charge in [0.2, 0.25) is 0 Å². The van der Waals surface area contributed by atoms with Gasteiger partial charge in [-0.15, -0.1) is 0 Å². The highest BCUT2D eigenvalue weighted by Crippen LogP contribution is 2.22. The maximum absolute atomic E-state index is 13.1. The van der Waals surface area contributed by atoms with Crippen molar-refractivity contribution in [2.45, 2.75) is 13.0 Å². The standard InChI is InChI=1S/C11H11BrFN3/c1-7(14)11-5-15-6-16(11)8-2-3-10(13)9(12)4-8/h2-7H,14H2,1H3/t7-/m1/s1. The van der Waals surface area contributed by atoms with Crippen LogP contribution < -0.4 is 5.73 Å². The van der Waals surface area contributed by atoms with E-state index in [1.165, 1.54) is 6.07 Å². The lowest BCUT2D eigenvalue weighted by atomic mass is 10.2. The zero-order chi connectivity index (χ0) is 11.7. The van der Waals surface area contributed by atoms with Crippen LogP contribution in [-0.4, -0.2) is 9.55 Å². The van der Waals surface area contributed by atoms with E-state index < -0.39 is 0 Å². The molecule has 0 bridgehead atoms. The monoisotopic (exact) mass is 283 g/mol. The topological polar surface area (TPSA) is 43.8 Å². The minimum atomic E-state index is -0.286. The van der Waals surface area contributed by atoms with E-state index >= 15 is 0 Å². The van der Waals surface area contributed by atoms with E-state index in [2.05, 4.69) is 20.9 Å². The Morgan fingerprint density at radius 1 is 1.50 bits per heavy atom. The molecule has 2 aromatic rings. The highest BCUT2D eigenvalue weighted by atomic mass is 79.9. The van der Waals surface area contributed by atoms with Gasteiger partial charge in [0.05, 0.1) is 22.7 Å². The molecule has 0 aliphatic carbocycles. The van der Waals surface area contributed by atoms with Crippen molar-refractivity contribution >= 4 is 15.9 Å². The summed E-state index contributed by atoms with van der Waals surface area (Å²) in [7, 11) is 0. The summed E-state index contributed by atoms with van der Waals surface area (Å²) < 4.78 is 15.4. The zero-order valence-electron chi connectivity index (χ0n) is 8.69. The zero-order valence-corrected chi connectivity index (χ0v) is 10.3. The molecule has 2 N–H and O–H groups in total. The minimum Gasteiger partial charge on any atom is -0.323 e. The predicted molar refractivity (Wildman–Crippen MR) is 63.8 cm³/mol. The maximum atomic E-state index is 13.1. The number of nitrogens with zero attached hydrogens (tertiary/aromatic N) is 2. The summed E-state index contributed by atoms with van der Waals surface area (Å²) in [5, 5.41) is 0. The van der Waals surface area contributed by atoms with Crippen molar-refractivity contribution in [3.05, 3.63) is 46.7 Å². The van der Waals surface area contributed by atoms with Crippen LogP contribution in [0.15, 0.2) is 35.2 Å². The first-order chi connectivity index (χ1) is 7.59. The molecule has 0 spiro atoms. The summed E-state index contributed by atoms with van der Waals surface area (Å²) in [6.45, 7) is 1.88. The smallest absolute Gasteiger partial charge is 0.137 e. The van der Waals surface area contributed by atoms with Gasteiger partial charge < -0.3 is 10.3 Å². The average Bonchev–Trinajstić information content (AvgIpc) is 2.71. The summed E-state index contributed by atoms with van der Waals surface area (Å²) in [6, 6.07) is 4.67. The molecule has 0 saturated carbocycles. The van der Waals surface area contributed by atoms with Gasteiger partial charge in [-0.05, 0) is 41.1 Å². The molecular formula is C11H11BrFN3. The van der Waals surface area contributed by atoms with Gasteiger partial charge >= 0.3 is 0 Å². The van der Waals surface area contributed by atoms with Gasteiger partial charge in [0.1, 0.15) is 5.82 Å². The second-order valence-electron chi connectivity index (χ2n) is 3.58. The molecule has 1 aromatic carbocycles. The SMILES string of the molecule is C[C@@H](N)c1cncn1-c1ccc(F)c(Br)c1. The third-order valence-electron chi connectivity index (χ3n) is 2.31. The lowest BCUT2D eigenvalue weighted by molar-refractivity contribution is 0.620. The van der Waals surface area contributed by atoms with Crippen molar-refractivity contribution < 1.29 is 4.39 Å². The van der Waals surface area contributed by atoms with Crippen LogP contribution >= 0.6 is 15.9 Å². The first kappa shape index (κ1) is 11.3. The van der Waals surface area contributed by atoms with Gasteiger partial charge in [0.25, 0.3) is 0 Å². The van der Waals surface area contributed by atoms with Crippen LogP contribution in [0.5, 0.6) is 0 Å². The molecule has 0 unspecified atom stereocenters. The summed E-state index contributed by atoms with van der Waals surface area (Å²) >= 11 is 3.15. The summed E-state index contributed by atoms with van der Waals surface area (Å²) in [5.41, 5.74) is 7.54. The molecule has 0 fully saturated rings. The highest BCUT2D eigenvalue weighted by Gasteiger charge is 2.09. The Morgan fingerprint density at radius 2 is 2.25 bits per heavy atom. The van der Waals surface area contributed by atoms with E-state index in [4.69, 9.17) is 5.73 Å². The summed E-state index contributed by atoms with van der Waals surface area (Å²) in [4.78, 5) is 4.05. The van der Waals surface area contributed by atoms with Gasteiger partial charge in [0.15, 0.2) is 0 Å². The summed E-state index contributed by atoms with van der Waals surface area (Å²) in [5.74, 6) is -0.286. The predicted octanol–water partition coefficient (Wildman–Crippen LogP) is 2.79. The number of rotatable bonds is 2. The third-order valence-corrected chi connectivity index (χ3v) is 2.92. The fraction of sp³-hybridized carbons (Fsp3) is 0.182. The number of hydrogen-bond acceptors (Lipinski definition) is 2. The van der Waals surface area contributed by atoms with Gasteiger partial charge in [-0.1, -0.05) is 0 Å². The molecule has 84 valence electrons. The number of halogens is 2. The molecule has 0 amide bonds. The van der Waals surface area contributed by atoms with Crippen molar-refractivity contribution in [2.75, 3.05) is 0 Å². The van der Waals surface area contributed by atoms with Crippen molar-refractivity contribution in [2.24, 2.45) is 5.73 Å². The van der Waals surface area contributed by atoms with Crippen LogP contribution in [0.1, 0.15) is 18.7 Å². The molecule has 0 aliphatic rings. The van der Waals surface area contributed by atoms with Crippen LogP contribution in [0.2, 0.25) is 0 Å². The van der Waals surface area contributed by atoms with Crippen molar-refractivity contribution in [3.63, 3.8) is 0 Å². The molecule has 1 aromatic heterocycles. The Bertz CT molecular complexity index is 508. The Labute approximate surface area is 101 Å². The van der Waals surface area contributed by atoms with Gasteiger partial charge in [-0.3, -0.25) is 0 Å². The molecular weight excluding hydrogens is 273 g/mol. The van der Waals surface area contributed by atoms with E-state index in [1.54, 1.807) is 24.7 Å². The Morgan fingerprint density at radius 3 is 2.88 bits per heavy atom. The van der Waals surface area contributed by atoms with E-state index in [1.807, 2.05) is 11.5 Å². The molecule has 2 rings (SSSR count). The first-order valence-electron chi connectivity index (χ1n) is 4.83. The fourth-order valence-corrected chi connectivity index (χ4v) is 1.86. The van der Waals surface area contributed by atoms with Crippen LogP contribution in [0, 0.1) is 5.82 Å². The van der Waals surface area contributed by atoms with Crippen molar-refractivity contribution in [1.82, 2.24) is 9.55 Å². The number of nitrogens with two attached hydrogens (primary N) is 1. The minimum absolute atomic E-state index is 0.119. The normalized spacial score (nSPS) is 12.8.